The number of carbonyl (C=O) groups is 1. The third-order valence-corrected chi connectivity index (χ3v) is 3.26. The van der Waals surface area contributed by atoms with Crippen molar-refractivity contribution in [1.82, 2.24) is 5.32 Å². The molecular weight excluding hydrogens is 248 g/mol. The van der Waals surface area contributed by atoms with E-state index in [1.165, 1.54) is 6.07 Å². The van der Waals surface area contributed by atoms with Crippen LogP contribution in [0.2, 0.25) is 0 Å². The monoisotopic (exact) mass is 262 g/mol. The second kappa shape index (κ2) is 5.55. The van der Waals surface area contributed by atoms with Crippen molar-refractivity contribution in [2.45, 2.75) is 13.0 Å². The molecule has 4 N–H and O–H groups in total. The molecule has 94 valence electrons. The van der Waals surface area contributed by atoms with Gasteiger partial charge in [0.05, 0.1) is 6.42 Å². The van der Waals surface area contributed by atoms with E-state index in [0.29, 0.717) is 17.7 Å². The van der Waals surface area contributed by atoms with Crippen LogP contribution in [0.3, 0.4) is 0 Å². The van der Waals surface area contributed by atoms with Crippen molar-refractivity contribution in [2.24, 2.45) is 0 Å². The molecule has 18 heavy (non-hydrogen) atoms. The first-order chi connectivity index (χ1) is 8.65. The van der Waals surface area contributed by atoms with E-state index in [0.717, 1.165) is 5.56 Å². The highest BCUT2D eigenvalue weighted by Gasteiger charge is 2.06. The topological polar surface area (TPSA) is 75.3 Å². The summed E-state index contributed by atoms with van der Waals surface area (Å²) in [6.45, 7) is 0.278. The molecule has 0 radical (unpaired) electrons. The molecule has 1 aromatic carbocycles. The van der Waals surface area contributed by atoms with Gasteiger partial charge in [0.25, 0.3) is 0 Å². The van der Waals surface area contributed by atoms with Gasteiger partial charge in [-0.3, -0.25) is 4.79 Å². The summed E-state index contributed by atoms with van der Waals surface area (Å²) in [5.74, 6) is 0.0651. The number of benzene rings is 1. The Kier molecular flexibility index (Phi) is 3.84. The van der Waals surface area contributed by atoms with E-state index < -0.39 is 0 Å². The maximum atomic E-state index is 11.7. The zero-order chi connectivity index (χ0) is 13.0. The summed E-state index contributed by atoms with van der Waals surface area (Å²) in [6, 6.07) is 6.71. The Bertz CT molecular complexity index is 538. The van der Waals surface area contributed by atoms with E-state index in [4.69, 9.17) is 5.73 Å². The Balaban J connectivity index is 1.91. The predicted molar refractivity (Wildman–Crippen MR) is 72.4 cm³/mol. The molecule has 0 bridgehead atoms. The van der Waals surface area contributed by atoms with E-state index in [2.05, 4.69) is 5.32 Å². The van der Waals surface area contributed by atoms with Crippen molar-refractivity contribution < 1.29 is 9.90 Å². The van der Waals surface area contributed by atoms with Crippen LogP contribution in [0.15, 0.2) is 35.0 Å². The Labute approximate surface area is 109 Å². The lowest BCUT2D eigenvalue weighted by molar-refractivity contribution is -0.120. The van der Waals surface area contributed by atoms with Crippen LogP contribution in [0.1, 0.15) is 11.1 Å². The summed E-state index contributed by atoms with van der Waals surface area (Å²) in [5, 5.41) is 16.2. The molecule has 0 spiro atoms. The first-order valence-electron chi connectivity index (χ1n) is 5.50. The number of thiophene rings is 1. The molecule has 0 unspecified atom stereocenters. The first-order valence-corrected chi connectivity index (χ1v) is 6.44. The predicted octanol–water partition coefficient (Wildman–Crippen LogP) is 1.89. The van der Waals surface area contributed by atoms with Gasteiger partial charge in [0.2, 0.25) is 5.91 Å². The molecule has 0 aliphatic carbocycles. The van der Waals surface area contributed by atoms with E-state index in [-0.39, 0.29) is 18.2 Å². The Morgan fingerprint density at radius 1 is 1.39 bits per heavy atom. The number of amides is 1. The minimum atomic E-state index is -0.0739. The molecule has 0 aliphatic heterocycles. The fourth-order valence-corrected chi connectivity index (χ4v) is 2.25. The van der Waals surface area contributed by atoms with Crippen LogP contribution in [0.25, 0.3) is 0 Å². The summed E-state index contributed by atoms with van der Waals surface area (Å²) < 4.78 is 0. The van der Waals surface area contributed by atoms with Gasteiger partial charge >= 0.3 is 0 Å². The number of phenols is 1. The highest BCUT2D eigenvalue weighted by atomic mass is 32.1. The zero-order valence-electron chi connectivity index (χ0n) is 9.72. The number of rotatable bonds is 4. The molecule has 0 atom stereocenters. The molecule has 0 aliphatic rings. The lowest BCUT2D eigenvalue weighted by atomic mass is 10.1. The molecule has 0 fully saturated rings. The summed E-state index contributed by atoms with van der Waals surface area (Å²) in [6.07, 6.45) is 0.354. The number of phenolic OH excluding ortho intramolecular Hbond substituents is 1. The molecule has 1 heterocycles. The summed E-state index contributed by atoms with van der Waals surface area (Å²) >= 11 is 1.56. The molecule has 0 saturated carbocycles. The molecule has 2 aromatic rings. The van der Waals surface area contributed by atoms with Crippen molar-refractivity contribution in [1.29, 1.82) is 0 Å². The maximum absolute atomic E-state index is 11.7. The van der Waals surface area contributed by atoms with Gasteiger partial charge in [-0.2, -0.15) is 11.3 Å². The second-order valence-corrected chi connectivity index (χ2v) is 4.75. The van der Waals surface area contributed by atoms with Gasteiger partial charge < -0.3 is 16.2 Å². The SMILES string of the molecule is Nc1ccc(O)c(CNC(=O)Cc2ccsc2)c1. The van der Waals surface area contributed by atoms with Crippen LogP contribution in [-0.4, -0.2) is 11.0 Å². The van der Waals surface area contributed by atoms with Gasteiger partial charge in [-0.15, -0.1) is 0 Å². The minimum absolute atomic E-state index is 0.0739. The Morgan fingerprint density at radius 3 is 2.94 bits per heavy atom. The average Bonchev–Trinajstić information content (AvgIpc) is 2.83. The largest absolute Gasteiger partial charge is 0.508 e. The van der Waals surface area contributed by atoms with Crippen molar-refractivity contribution >= 4 is 22.9 Å². The van der Waals surface area contributed by atoms with Crippen LogP contribution < -0.4 is 11.1 Å². The van der Waals surface area contributed by atoms with E-state index >= 15 is 0 Å². The highest BCUT2D eigenvalue weighted by molar-refractivity contribution is 7.07. The van der Waals surface area contributed by atoms with E-state index in [9.17, 15) is 9.90 Å². The Morgan fingerprint density at radius 2 is 2.22 bits per heavy atom. The number of carbonyl (C=O) groups excluding carboxylic acids is 1. The summed E-state index contributed by atoms with van der Waals surface area (Å²) in [5.41, 5.74) is 7.80. The lowest BCUT2D eigenvalue weighted by Gasteiger charge is -2.07. The van der Waals surface area contributed by atoms with Gasteiger partial charge in [-0.1, -0.05) is 0 Å². The van der Waals surface area contributed by atoms with Crippen LogP contribution >= 0.6 is 11.3 Å². The van der Waals surface area contributed by atoms with Crippen LogP contribution in [-0.2, 0) is 17.8 Å². The van der Waals surface area contributed by atoms with Gasteiger partial charge in [-0.05, 0) is 40.6 Å². The first kappa shape index (κ1) is 12.4. The van der Waals surface area contributed by atoms with Crippen molar-refractivity contribution in [2.75, 3.05) is 5.73 Å². The number of hydrogen-bond donors (Lipinski definition) is 3. The van der Waals surface area contributed by atoms with E-state index in [1.807, 2.05) is 16.8 Å². The normalized spacial score (nSPS) is 10.2. The number of anilines is 1. The third kappa shape index (κ3) is 3.24. The van der Waals surface area contributed by atoms with E-state index in [1.54, 1.807) is 23.5 Å². The number of nitrogens with two attached hydrogens (primary N) is 1. The molecule has 0 saturated heterocycles. The fourth-order valence-electron chi connectivity index (χ4n) is 1.58. The quantitative estimate of drug-likeness (QED) is 0.582. The van der Waals surface area contributed by atoms with Gasteiger partial charge in [0.1, 0.15) is 5.75 Å². The molecule has 2 rings (SSSR count). The molecular formula is C13H14N2O2S. The zero-order valence-corrected chi connectivity index (χ0v) is 10.5. The van der Waals surface area contributed by atoms with Gasteiger partial charge in [0, 0.05) is 17.8 Å². The van der Waals surface area contributed by atoms with Crippen molar-refractivity contribution in [3.05, 3.63) is 46.2 Å². The van der Waals surface area contributed by atoms with Crippen LogP contribution in [0, 0.1) is 0 Å². The summed E-state index contributed by atoms with van der Waals surface area (Å²) in [4.78, 5) is 11.7. The number of nitrogen functional groups attached to an aromatic ring is 1. The maximum Gasteiger partial charge on any atom is 0.224 e. The molecule has 5 heteroatoms. The second-order valence-electron chi connectivity index (χ2n) is 3.97. The van der Waals surface area contributed by atoms with Crippen molar-refractivity contribution in [3.63, 3.8) is 0 Å². The number of hydrogen-bond acceptors (Lipinski definition) is 4. The minimum Gasteiger partial charge on any atom is -0.508 e. The number of aromatic hydroxyl groups is 1. The summed E-state index contributed by atoms with van der Waals surface area (Å²) in [7, 11) is 0. The molecule has 1 aromatic heterocycles. The Hall–Kier alpha value is -2.01. The lowest BCUT2D eigenvalue weighted by Crippen LogP contribution is -2.24. The van der Waals surface area contributed by atoms with Gasteiger partial charge in [0.15, 0.2) is 0 Å². The fraction of sp³-hybridized carbons (Fsp3) is 0.154. The molecule has 4 nitrogen and oxygen atoms in total. The van der Waals surface area contributed by atoms with Crippen LogP contribution in [0.4, 0.5) is 5.69 Å². The van der Waals surface area contributed by atoms with Crippen molar-refractivity contribution in [3.8, 4) is 5.75 Å². The smallest absolute Gasteiger partial charge is 0.224 e. The molecule has 1 amide bonds. The van der Waals surface area contributed by atoms with Gasteiger partial charge in [-0.25, -0.2) is 0 Å². The van der Waals surface area contributed by atoms with Crippen LogP contribution in [0.5, 0.6) is 5.75 Å². The highest BCUT2D eigenvalue weighted by Crippen LogP contribution is 2.19. The average molecular weight is 262 g/mol. The third-order valence-electron chi connectivity index (χ3n) is 2.52. The standard InChI is InChI=1S/C13H14N2O2S/c14-11-1-2-12(16)10(6-11)7-15-13(17)5-9-3-4-18-8-9/h1-4,6,8,16H,5,7,14H2,(H,15,17). The number of nitrogens with one attached hydrogen (secondary N) is 1.